The fourth-order valence-electron chi connectivity index (χ4n) is 1.82. The average molecular weight is 298 g/mol. The van der Waals surface area contributed by atoms with E-state index in [1.165, 1.54) is 5.56 Å². The lowest BCUT2D eigenvalue weighted by Crippen LogP contribution is -1.93. The van der Waals surface area contributed by atoms with E-state index in [2.05, 4.69) is 40.0 Å². The minimum Gasteiger partial charge on any atom is -0.439 e. The Bertz CT molecular complexity index is 507. The Balaban J connectivity index is 2.35. The second-order valence-electron chi connectivity index (χ2n) is 4.03. The van der Waals surface area contributed by atoms with Gasteiger partial charge in [0, 0.05) is 13.5 Å². The van der Waals surface area contributed by atoms with Crippen LogP contribution in [-0.2, 0) is 17.6 Å². The summed E-state index contributed by atoms with van der Waals surface area (Å²) in [7, 11) is 1.68. The van der Waals surface area contributed by atoms with E-state index >= 15 is 0 Å². The average Bonchev–Trinajstić information content (AvgIpc) is 2.70. The Hall–Kier alpha value is -0.870. The van der Waals surface area contributed by atoms with E-state index in [-0.39, 0.29) is 0 Å². The monoisotopic (exact) mass is 297 g/mol. The van der Waals surface area contributed by atoms with Gasteiger partial charge >= 0.3 is 0 Å². The van der Waals surface area contributed by atoms with Gasteiger partial charge in [0.15, 0.2) is 11.5 Å². The normalized spacial score (nSPS) is 11.2. The third-order valence-electron chi connectivity index (χ3n) is 2.61. The number of aryl methyl sites for hydroxylation is 1. The molecule has 0 atom stereocenters. The van der Waals surface area contributed by atoms with Gasteiger partial charge < -0.3 is 9.15 Å². The molecule has 2 aromatic rings. The van der Waals surface area contributed by atoms with Crippen molar-refractivity contribution in [3.63, 3.8) is 0 Å². The lowest BCUT2D eigenvalue weighted by atomic mass is 10.1. The minimum absolute atomic E-state index is 0.631. The van der Waals surface area contributed by atoms with Gasteiger partial charge in [0.2, 0.25) is 0 Å². The molecule has 0 aliphatic heterocycles. The summed E-state index contributed by atoms with van der Waals surface area (Å²) in [6.07, 6.45) is 2.90. The Labute approximate surface area is 109 Å². The van der Waals surface area contributed by atoms with Gasteiger partial charge in [-0.3, -0.25) is 0 Å². The number of halogens is 1. The molecule has 3 nitrogen and oxygen atoms in total. The molecule has 1 aromatic carbocycles. The molecule has 0 spiro atoms. The highest BCUT2D eigenvalue weighted by molar-refractivity contribution is 9.10. The number of oxazole rings is 1. The van der Waals surface area contributed by atoms with Gasteiger partial charge in [-0.2, -0.15) is 0 Å². The van der Waals surface area contributed by atoms with Crippen LogP contribution >= 0.6 is 15.9 Å². The molecule has 0 radical (unpaired) electrons. The number of ether oxygens (including phenoxy) is 1. The third kappa shape index (κ3) is 2.87. The lowest BCUT2D eigenvalue weighted by Gasteiger charge is -1.99. The first kappa shape index (κ1) is 12.6. The Kier molecular flexibility index (Phi) is 4.18. The highest BCUT2D eigenvalue weighted by Crippen LogP contribution is 2.27. The molecule has 0 bridgehead atoms. The number of hydrogen-bond donors (Lipinski definition) is 0. The molecule has 0 fully saturated rings. The molecule has 1 aromatic heterocycles. The molecule has 0 aliphatic carbocycles. The van der Waals surface area contributed by atoms with Gasteiger partial charge in [0.25, 0.3) is 0 Å². The summed E-state index contributed by atoms with van der Waals surface area (Å²) in [6.45, 7) is 2.80. The van der Waals surface area contributed by atoms with E-state index in [1.807, 2.05) is 0 Å². The molecule has 92 valence electrons. The Morgan fingerprint density at radius 3 is 2.88 bits per heavy atom. The van der Waals surface area contributed by atoms with Crippen LogP contribution in [0.25, 0.3) is 11.1 Å². The van der Waals surface area contributed by atoms with Crippen molar-refractivity contribution in [3.8, 4) is 0 Å². The predicted octanol–water partition coefficient (Wildman–Crippen LogP) is 3.73. The maximum absolute atomic E-state index is 5.70. The largest absolute Gasteiger partial charge is 0.439 e. The van der Waals surface area contributed by atoms with Crippen molar-refractivity contribution in [1.29, 1.82) is 0 Å². The maximum atomic E-state index is 5.70. The van der Waals surface area contributed by atoms with Crippen LogP contribution in [0.4, 0.5) is 0 Å². The first-order valence-corrected chi connectivity index (χ1v) is 6.60. The topological polar surface area (TPSA) is 35.3 Å². The summed E-state index contributed by atoms with van der Waals surface area (Å²) in [5.74, 6) is 0.733. The molecule has 0 unspecified atom stereocenters. The van der Waals surface area contributed by atoms with E-state index < -0.39 is 0 Å². The van der Waals surface area contributed by atoms with Crippen molar-refractivity contribution in [1.82, 2.24) is 4.98 Å². The summed E-state index contributed by atoms with van der Waals surface area (Å²) >= 11 is 3.53. The number of aromatic nitrogens is 1. The van der Waals surface area contributed by atoms with Crippen molar-refractivity contribution < 1.29 is 9.15 Å². The zero-order chi connectivity index (χ0) is 12.3. The fraction of sp³-hybridized carbons (Fsp3) is 0.462. The number of methoxy groups -OCH3 is 1. The number of hydrogen-bond acceptors (Lipinski definition) is 3. The molecule has 0 aliphatic rings. The zero-order valence-electron chi connectivity index (χ0n) is 10.1. The minimum atomic E-state index is 0.631. The molecule has 17 heavy (non-hydrogen) atoms. The number of fused-ring (bicyclic) bond motifs is 1. The Morgan fingerprint density at radius 1 is 1.35 bits per heavy atom. The number of benzene rings is 1. The first-order valence-electron chi connectivity index (χ1n) is 5.81. The van der Waals surface area contributed by atoms with Crippen molar-refractivity contribution >= 4 is 27.0 Å². The van der Waals surface area contributed by atoms with Gasteiger partial charge in [-0.1, -0.05) is 13.3 Å². The Morgan fingerprint density at radius 2 is 2.18 bits per heavy atom. The molecule has 2 rings (SSSR count). The van der Waals surface area contributed by atoms with Crippen LogP contribution in [-0.4, -0.2) is 18.7 Å². The molecular formula is C13H16BrNO2. The summed E-state index contributed by atoms with van der Waals surface area (Å²) in [5.41, 5.74) is 3.04. The van der Waals surface area contributed by atoms with Crippen LogP contribution in [0.15, 0.2) is 21.0 Å². The van der Waals surface area contributed by atoms with Crippen LogP contribution in [0.2, 0.25) is 0 Å². The second kappa shape index (κ2) is 5.65. The fourth-order valence-corrected chi connectivity index (χ4v) is 2.40. The van der Waals surface area contributed by atoms with Crippen LogP contribution in [0, 0.1) is 0 Å². The maximum Gasteiger partial charge on any atom is 0.197 e. The van der Waals surface area contributed by atoms with Gasteiger partial charge in [0.05, 0.1) is 11.1 Å². The smallest absolute Gasteiger partial charge is 0.197 e. The predicted molar refractivity (Wildman–Crippen MR) is 71.3 cm³/mol. The third-order valence-corrected chi connectivity index (χ3v) is 3.20. The van der Waals surface area contributed by atoms with E-state index in [4.69, 9.17) is 9.15 Å². The van der Waals surface area contributed by atoms with Crippen LogP contribution < -0.4 is 0 Å². The number of nitrogens with zero attached hydrogens (tertiary/aromatic N) is 1. The quantitative estimate of drug-likeness (QED) is 0.843. The number of rotatable bonds is 5. The van der Waals surface area contributed by atoms with Crippen molar-refractivity contribution in [3.05, 3.63) is 28.1 Å². The van der Waals surface area contributed by atoms with Crippen LogP contribution in [0.3, 0.4) is 0 Å². The van der Waals surface area contributed by atoms with Gasteiger partial charge in [0.1, 0.15) is 5.52 Å². The van der Waals surface area contributed by atoms with E-state index in [0.717, 1.165) is 34.3 Å². The SMILES string of the molecule is CCCc1cc(Br)c2oc(CCOC)nc2c1. The van der Waals surface area contributed by atoms with Crippen molar-refractivity contribution in [2.75, 3.05) is 13.7 Å². The molecule has 4 heteroatoms. The van der Waals surface area contributed by atoms with E-state index in [0.29, 0.717) is 13.0 Å². The van der Waals surface area contributed by atoms with Gasteiger partial charge in [-0.25, -0.2) is 4.98 Å². The van der Waals surface area contributed by atoms with Crippen LogP contribution in [0.1, 0.15) is 24.8 Å². The molecule has 0 saturated heterocycles. The van der Waals surface area contributed by atoms with E-state index in [9.17, 15) is 0 Å². The zero-order valence-corrected chi connectivity index (χ0v) is 11.7. The molecule has 0 N–H and O–H groups in total. The van der Waals surface area contributed by atoms with Crippen molar-refractivity contribution in [2.45, 2.75) is 26.2 Å². The highest BCUT2D eigenvalue weighted by atomic mass is 79.9. The molecule has 0 saturated carbocycles. The van der Waals surface area contributed by atoms with Gasteiger partial charge in [-0.05, 0) is 40.0 Å². The van der Waals surface area contributed by atoms with E-state index in [1.54, 1.807) is 7.11 Å². The summed E-state index contributed by atoms with van der Waals surface area (Å²) in [4.78, 5) is 4.48. The lowest BCUT2D eigenvalue weighted by molar-refractivity contribution is 0.196. The summed E-state index contributed by atoms with van der Waals surface area (Å²) in [6, 6.07) is 4.21. The standard InChI is InChI=1S/C13H16BrNO2/c1-3-4-9-7-10(14)13-11(8-9)15-12(17-13)5-6-16-2/h7-8H,3-6H2,1-2H3. The molecule has 1 heterocycles. The summed E-state index contributed by atoms with van der Waals surface area (Å²) in [5, 5.41) is 0. The second-order valence-corrected chi connectivity index (χ2v) is 4.88. The molecular weight excluding hydrogens is 282 g/mol. The van der Waals surface area contributed by atoms with Crippen LogP contribution in [0.5, 0.6) is 0 Å². The van der Waals surface area contributed by atoms with Crippen molar-refractivity contribution in [2.24, 2.45) is 0 Å². The highest BCUT2D eigenvalue weighted by Gasteiger charge is 2.10. The molecule has 0 amide bonds. The first-order chi connectivity index (χ1) is 8.24. The summed E-state index contributed by atoms with van der Waals surface area (Å²) < 4.78 is 11.7. The van der Waals surface area contributed by atoms with Gasteiger partial charge in [-0.15, -0.1) is 0 Å².